The molecule has 0 spiro atoms. The normalized spacial score (nSPS) is 19.4. The van der Waals surface area contributed by atoms with Crippen molar-refractivity contribution in [1.29, 1.82) is 0 Å². The van der Waals surface area contributed by atoms with Gasteiger partial charge < -0.3 is 14.8 Å². The highest BCUT2D eigenvalue weighted by Gasteiger charge is 2.21. The van der Waals surface area contributed by atoms with Crippen LogP contribution in [0.4, 0.5) is 4.79 Å². The van der Waals surface area contributed by atoms with E-state index >= 15 is 0 Å². The van der Waals surface area contributed by atoms with Crippen LogP contribution in [0.1, 0.15) is 36.8 Å². The molecule has 0 atom stereocenters. The van der Waals surface area contributed by atoms with Gasteiger partial charge in [0, 0.05) is 13.2 Å². The third kappa shape index (κ3) is 7.06. The number of nitrogens with one attached hydrogen (secondary N) is 1. The quantitative estimate of drug-likeness (QED) is 0.719. The van der Waals surface area contributed by atoms with Gasteiger partial charge in [-0.1, -0.05) is 60.7 Å². The number of ether oxygens (including phenoxy) is 2. The highest BCUT2D eigenvalue weighted by atomic mass is 16.5. The van der Waals surface area contributed by atoms with Crippen molar-refractivity contribution in [2.45, 2.75) is 38.9 Å². The van der Waals surface area contributed by atoms with Gasteiger partial charge in [-0.3, -0.25) is 0 Å². The molecule has 0 aliphatic heterocycles. The summed E-state index contributed by atoms with van der Waals surface area (Å²) in [5.41, 5.74) is 2.23. The Balaban J connectivity index is 1.25. The van der Waals surface area contributed by atoms with Crippen molar-refractivity contribution >= 4 is 6.09 Å². The lowest BCUT2D eigenvalue weighted by Gasteiger charge is -2.28. The van der Waals surface area contributed by atoms with Gasteiger partial charge in [-0.2, -0.15) is 0 Å². The number of carbonyl (C=O) groups is 1. The van der Waals surface area contributed by atoms with Crippen LogP contribution in [0.15, 0.2) is 60.7 Å². The zero-order valence-corrected chi connectivity index (χ0v) is 15.8. The predicted octanol–water partition coefficient (Wildman–Crippen LogP) is 4.94. The molecule has 4 heteroatoms. The molecule has 0 saturated heterocycles. The molecule has 4 nitrogen and oxygen atoms in total. The first-order valence-electron chi connectivity index (χ1n) is 9.86. The van der Waals surface area contributed by atoms with Gasteiger partial charge in [-0.25, -0.2) is 4.79 Å². The molecule has 2 aromatic carbocycles. The third-order valence-electron chi connectivity index (χ3n) is 5.18. The number of benzene rings is 2. The lowest BCUT2D eigenvalue weighted by atomic mass is 9.82. The summed E-state index contributed by atoms with van der Waals surface area (Å²) in [4.78, 5) is 11.8. The van der Waals surface area contributed by atoms with Crippen LogP contribution in [0.2, 0.25) is 0 Å². The highest BCUT2D eigenvalue weighted by molar-refractivity contribution is 5.67. The van der Waals surface area contributed by atoms with E-state index < -0.39 is 0 Å². The van der Waals surface area contributed by atoms with Crippen LogP contribution in [0.3, 0.4) is 0 Å². The Morgan fingerprint density at radius 1 is 0.815 bits per heavy atom. The second-order valence-corrected chi connectivity index (χ2v) is 7.33. The number of hydrogen-bond donors (Lipinski definition) is 1. The summed E-state index contributed by atoms with van der Waals surface area (Å²) in [6.45, 7) is 2.53. The molecule has 2 aromatic rings. The summed E-state index contributed by atoms with van der Waals surface area (Å²) >= 11 is 0. The maximum absolute atomic E-state index is 11.8. The lowest BCUT2D eigenvalue weighted by Crippen LogP contribution is -2.32. The molecule has 1 N–H and O–H groups in total. The molecule has 1 amide bonds. The Hall–Kier alpha value is -2.33. The lowest BCUT2D eigenvalue weighted by molar-refractivity contribution is 0.0666. The zero-order chi connectivity index (χ0) is 18.7. The molecule has 0 unspecified atom stereocenters. The molecule has 1 fully saturated rings. The molecule has 1 saturated carbocycles. The van der Waals surface area contributed by atoms with Gasteiger partial charge in [0.2, 0.25) is 0 Å². The molecule has 144 valence electrons. The third-order valence-corrected chi connectivity index (χ3v) is 5.18. The van der Waals surface area contributed by atoms with Crippen LogP contribution in [0, 0.1) is 11.8 Å². The summed E-state index contributed by atoms with van der Waals surface area (Å²) in [5.74, 6) is 1.18. The Bertz CT molecular complexity index is 667. The number of carbonyl (C=O) groups excluding carboxylic acids is 1. The Morgan fingerprint density at radius 3 is 2.00 bits per heavy atom. The summed E-state index contributed by atoms with van der Waals surface area (Å²) in [7, 11) is 0. The van der Waals surface area contributed by atoms with Gasteiger partial charge in [0.25, 0.3) is 0 Å². The maximum Gasteiger partial charge on any atom is 0.407 e. The van der Waals surface area contributed by atoms with Crippen LogP contribution in [-0.2, 0) is 22.7 Å². The first kappa shape index (κ1) is 19.4. The first-order valence-corrected chi connectivity index (χ1v) is 9.86. The van der Waals surface area contributed by atoms with Crippen molar-refractivity contribution < 1.29 is 14.3 Å². The molecular weight excluding hydrogens is 338 g/mol. The van der Waals surface area contributed by atoms with E-state index in [4.69, 9.17) is 9.47 Å². The summed E-state index contributed by atoms with van der Waals surface area (Å²) < 4.78 is 11.1. The highest BCUT2D eigenvalue weighted by Crippen LogP contribution is 2.28. The SMILES string of the molecule is O=C(NC[C@H]1CC[C@@H](COCc2ccccc2)CC1)OCc1ccccc1. The van der Waals surface area contributed by atoms with Gasteiger partial charge in [0.15, 0.2) is 0 Å². The van der Waals surface area contributed by atoms with Crippen molar-refractivity contribution in [2.24, 2.45) is 11.8 Å². The molecule has 1 aliphatic carbocycles. The van der Waals surface area contributed by atoms with Gasteiger partial charge in [-0.15, -0.1) is 0 Å². The van der Waals surface area contributed by atoms with E-state index in [1.165, 1.54) is 18.4 Å². The Kier molecular flexibility index (Phi) is 7.72. The zero-order valence-electron chi connectivity index (χ0n) is 15.8. The van der Waals surface area contributed by atoms with E-state index in [9.17, 15) is 4.79 Å². The van der Waals surface area contributed by atoms with Crippen LogP contribution < -0.4 is 5.32 Å². The smallest absolute Gasteiger partial charge is 0.407 e. The van der Waals surface area contributed by atoms with Crippen molar-refractivity contribution in [3.8, 4) is 0 Å². The van der Waals surface area contributed by atoms with Gasteiger partial charge in [0.1, 0.15) is 6.61 Å². The molecule has 0 heterocycles. The largest absolute Gasteiger partial charge is 0.445 e. The summed E-state index contributed by atoms with van der Waals surface area (Å²) in [5, 5.41) is 2.91. The van der Waals surface area contributed by atoms with Gasteiger partial charge in [0.05, 0.1) is 6.61 Å². The van der Waals surface area contributed by atoms with E-state index in [1.54, 1.807) is 0 Å². The molecule has 0 bridgehead atoms. The predicted molar refractivity (Wildman–Crippen MR) is 106 cm³/mol. The fourth-order valence-electron chi connectivity index (χ4n) is 3.52. The van der Waals surface area contributed by atoms with Crippen molar-refractivity contribution in [2.75, 3.05) is 13.2 Å². The minimum atomic E-state index is -0.327. The minimum Gasteiger partial charge on any atom is -0.445 e. The van der Waals surface area contributed by atoms with Gasteiger partial charge >= 0.3 is 6.09 Å². The topological polar surface area (TPSA) is 47.6 Å². The standard InChI is InChI=1S/C23H29NO3/c25-23(27-18-21-9-5-2-6-10-21)24-15-19-11-13-22(14-12-19)17-26-16-20-7-3-1-4-8-20/h1-10,19,22H,11-18H2,(H,24,25)/t19-,22+. The van der Waals surface area contributed by atoms with E-state index in [-0.39, 0.29) is 6.09 Å². The van der Waals surface area contributed by atoms with Crippen molar-refractivity contribution in [1.82, 2.24) is 5.32 Å². The Morgan fingerprint density at radius 2 is 1.37 bits per heavy atom. The molecule has 0 aromatic heterocycles. The molecule has 27 heavy (non-hydrogen) atoms. The fourth-order valence-corrected chi connectivity index (χ4v) is 3.52. The Labute approximate surface area is 161 Å². The summed E-state index contributed by atoms with van der Waals surface area (Å²) in [6, 6.07) is 20.0. The average molecular weight is 367 g/mol. The minimum absolute atomic E-state index is 0.318. The number of amides is 1. The molecule has 3 rings (SSSR count). The van der Waals surface area contributed by atoms with Crippen LogP contribution >= 0.6 is 0 Å². The molecular formula is C23H29NO3. The van der Waals surface area contributed by atoms with E-state index in [0.717, 1.165) is 25.0 Å². The van der Waals surface area contributed by atoms with Crippen molar-refractivity contribution in [3.05, 3.63) is 71.8 Å². The second-order valence-electron chi connectivity index (χ2n) is 7.33. The molecule has 0 radical (unpaired) electrons. The monoisotopic (exact) mass is 367 g/mol. The number of hydrogen-bond acceptors (Lipinski definition) is 3. The average Bonchev–Trinajstić information content (AvgIpc) is 2.73. The fraction of sp³-hybridized carbons (Fsp3) is 0.435. The number of rotatable bonds is 8. The number of alkyl carbamates (subject to hydrolysis) is 1. The van der Waals surface area contributed by atoms with E-state index in [1.807, 2.05) is 48.5 Å². The molecule has 1 aliphatic rings. The van der Waals surface area contributed by atoms with Crippen LogP contribution in [-0.4, -0.2) is 19.2 Å². The van der Waals surface area contributed by atoms with E-state index in [2.05, 4.69) is 17.4 Å². The van der Waals surface area contributed by atoms with Crippen LogP contribution in [0.5, 0.6) is 0 Å². The van der Waals surface area contributed by atoms with Gasteiger partial charge in [-0.05, 0) is 48.6 Å². The first-order chi connectivity index (χ1) is 13.3. The maximum atomic E-state index is 11.8. The van der Waals surface area contributed by atoms with Crippen molar-refractivity contribution in [3.63, 3.8) is 0 Å². The van der Waals surface area contributed by atoms with E-state index in [0.29, 0.717) is 31.6 Å². The second kappa shape index (κ2) is 10.7. The summed E-state index contributed by atoms with van der Waals surface area (Å²) in [6.07, 6.45) is 4.28. The van der Waals surface area contributed by atoms with Crippen LogP contribution in [0.25, 0.3) is 0 Å².